The Bertz CT molecular complexity index is 150. The first kappa shape index (κ1) is 8.45. The predicted octanol–water partition coefficient (Wildman–Crippen LogP) is -0.885. The summed E-state index contributed by atoms with van der Waals surface area (Å²) in [6, 6.07) is -0.770. The Balaban J connectivity index is 2.47. The van der Waals surface area contributed by atoms with Gasteiger partial charge in [-0.3, -0.25) is 4.89 Å². The van der Waals surface area contributed by atoms with Crippen molar-refractivity contribution < 1.29 is 20.0 Å². The summed E-state index contributed by atoms with van der Waals surface area (Å²) in [5, 5.41) is 19.9. The number of piperidine rings is 1. The van der Waals surface area contributed by atoms with E-state index in [1.54, 1.807) is 0 Å². The Labute approximate surface area is 63.9 Å². The van der Waals surface area contributed by atoms with Gasteiger partial charge in [0.05, 0.1) is 6.10 Å². The molecule has 0 amide bonds. The number of rotatable bonds is 1. The summed E-state index contributed by atoms with van der Waals surface area (Å²) >= 11 is 0. The van der Waals surface area contributed by atoms with E-state index in [-0.39, 0.29) is 0 Å². The molecule has 1 heterocycles. The van der Waals surface area contributed by atoms with Crippen molar-refractivity contribution in [2.45, 2.75) is 25.0 Å². The van der Waals surface area contributed by atoms with Crippen LogP contribution in [0.2, 0.25) is 0 Å². The van der Waals surface area contributed by atoms with Gasteiger partial charge >= 0.3 is 5.97 Å². The van der Waals surface area contributed by atoms with Crippen LogP contribution in [0.15, 0.2) is 0 Å². The standard InChI is InChI=1S/C6H11NO4/c8-4-2-1-3-7-5(4)6(9)11-10/h4-5,7-8,10H,1-3H2. The lowest BCUT2D eigenvalue weighted by atomic mass is 10.0. The molecule has 0 bridgehead atoms. The number of hydrogen-bond donors (Lipinski definition) is 3. The summed E-state index contributed by atoms with van der Waals surface area (Å²) in [6.07, 6.45) is 0.645. The Morgan fingerprint density at radius 3 is 2.91 bits per heavy atom. The monoisotopic (exact) mass is 161 g/mol. The van der Waals surface area contributed by atoms with Crippen molar-refractivity contribution in [3.8, 4) is 0 Å². The lowest BCUT2D eigenvalue weighted by Gasteiger charge is -2.25. The molecule has 1 fully saturated rings. The highest BCUT2D eigenvalue weighted by molar-refractivity contribution is 5.76. The van der Waals surface area contributed by atoms with E-state index in [0.29, 0.717) is 13.0 Å². The second kappa shape index (κ2) is 3.66. The normalized spacial score (nSPS) is 31.5. The zero-order chi connectivity index (χ0) is 8.27. The second-order valence-corrected chi connectivity index (χ2v) is 2.55. The molecule has 0 aromatic heterocycles. The molecule has 0 radical (unpaired) electrons. The van der Waals surface area contributed by atoms with E-state index in [1.807, 2.05) is 0 Å². The third kappa shape index (κ3) is 1.89. The van der Waals surface area contributed by atoms with E-state index in [0.717, 1.165) is 6.42 Å². The first-order chi connectivity index (χ1) is 5.25. The summed E-state index contributed by atoms with van der Waals surface area (Å²) in [5.41, 5.74) is 0. The van der Waals surface area contributed by atoms with Crippen molar-refractivity contribution in [3.05, 3.63) is 0 Å². The molecule has 2 unspecified atom stereocenters. The minimum absolute atomic E-state index is 0.562. The Morgan fingerprint density at radius 1 is 1.64 bits per heavy atom. The highest BCUT2D eigenvalue weighted by Gasteiger charge is 2.30. The molecule has 64 valence electrons. The van der Waals surface area contributed by atoms with Crippen LogP contribution >= 0.6 is 0 Å². The van der Waals surface area contributed by atoms with E-state index in [2.05, 4.69) is 10.2 Å². The molecule has 1 rings (SSSR count). The van der Waals surface area contributed by atoms with Crippen LogP contribution in [0.3, 0.4) is 0 Å². The van der Waals surface area contributed by atoms with Crippen molar-refractivity contribution in [1.82, 2.24) is 5.32 Å². The van der Waals surface area contributed by atoms with Crippen LogP contribution in [0.4, 0.5) is 0 Å². The minimum Gasteiger partial charge on any atom is -0.391 e. The number of aliphatic hydroxyl groups is 1. The molecular weight excluding hydrogens is 150 g/mol. The maximum atomic E-state index is 10.7. The van der Waals surface area contributed by atoms with Crippen molar-refractivity contribution in [1.29, 1.82) is 0 Å². The van der Waals surface area contributed by atoms with Crippen molar-refractivity contribution in [2.75, 3.05) is 6.54 Å². The van der Waals surface area contributed by atoms with Crippen molar-refractivity contribution in [3.63, 3.8) is 0 Å². The lowest BCUT2D eigenvalue weighted by Crippen LogP contribution is -2.50. The minimum atomic E-state index is -0.822. The summed E-state index contributed by atoms with van der Waals surface area (Å²) < 4.78 is 0. The molecule has 11 heavy (non-hydrogen) atoms. The molecule has 1 aliphatic rings. The van der Waals surface area contributed by atoms with Crippen LogP contribution in [-0.2, 0) is 9.68 Å². The summed E-state index contributed by atoms with van der Waals surface area (Å²) in [6.45, 7) is 0.664. The molecule has 2 atom stereocenters. The average molecular weight is 161 g/mol. The van der Waals surface area contributed by atoms with E-state index in [1.165, 1.54) is 0 Å². The fraction of sp³-hybridized carbons (Fsp3) is 0.833. The molecule has 0 aromatic carbocycles. The zero-order valence-electron chi connectivity index (χ0n) is 5.99. The second-order valence-electron chi connectivity index (χ2n) is 2.55. The maximum Gasteiger partial charge on any atom is 0.361 e. The van der Waals surface area contributed by atoms with E-state index in [4.69, 9.17) is 5.26 Å². The fourth-order valence-electron chi connectivity index (χ4n) is 1.17. The zero-order valence-corrected chi connectivity index (χ0v) is 5.99. The number of carbonyl (C=O) groups is 1. The van der Waals surface area contributed by atoms with Gasteiger partial charge < -0.3 is 10.4 Å². The van der Waals surface area contributed by atoms with Gasteiger partial charge in [-0.05, 0) is 19.4 Å². The number of nitrogens with one attached hydrogen (secondary N) is 1. The first-order valence-electron chi connectivity index (χ1n) is 3.52. The van der Waals surface area contributed by atoms with Crippen LogP contribution in [0.25, 0.3) is 0 Å². The molecule has 3 N–H and O–H groups in total. The Kier molecular flexibility index (Phi) is 2.81. The van der Waals surface area contributed by atoms with Gasteiger partial charge in [-0.2, -0.15) is 5.26 Å². The molecule has 0 aliphatic carbocycles. The van der Waals surface area contributed by atoms with E-state index >= 15 is 0 Å². The molecule has 0 saturated carbocycles. The summed E-state index contributed by atoms with van der Waals surface area (Å²) in [7, 11) is 0. The Hall–Kier alpha value is -0.650. The van der Waals surface area contributed by atoms with Crippen LogP contribution < -0.4 is 5.32 Å². The van der Waals surface area contributed by atoms with Gasteiger partial charge in [-0.25, -0.2) is 4.79 Å². The van der Waals surface area contributed by atoms with Gasteiger partial charge in [0.1, 0.15) is 6.04 Å². The fourth-order valence-corrected chi connectivity index (χ4v) is 1.17. The van der Waals surface area contributed by atoms with E-state index < -0.39 is 18.1 Å². The van der Waals surface area contributed by atoms with Gasteiger partial charge in [0, 0.05) is 0 Å². The maximum absolute atomic E-state index is 10.7. The molecule has 1 aliphatic heterocycles. The van der Waals surface area contributed by atoms with Crippen LogP contribution in [0.1, 0.15) is 12.8 Å². The van der Waals surface area contributed by atoms with Crippen LogP contribution in [0, 0.1) is 0 Å². The quantitative estimate of drug-likeness (QED) is 0.343. The first-order valence-corrected chi connectivity index (χ1v) is 3.52. The largest absolute Gasteiger partial charge is 0.391 e. The van der Waals surface area contributed by atoms with Gasteiger partial charge in [0.25, 0.3) is 0 Å². The highest BCUT2D eigenvalue weighted by Crippen LogP contribution is 2.08. The summed E-state index contributed by atoms with van der Waals surface area (Å²) in [4.78, 5) is 14.2. The molecule has 0 spiro atoms. The van der Waals surface area contributed by atoms with Crippen molar-refractivity contribution in [2.24, 2.45) is 0 Å². The predicted molar refractivity (Wildman–Crippen MR) is 35.8 cm³/mol. The van der Waals surface area contributed by atoms with Crippen molar-refractivity contribution >= 4 is 5.97 Å². The molecular formula is C6H11NO4. The topological polar surface area (TPSA) is 78.8 Å². The van der Waals surface area contributed by atoms with E-state index in [9.17, 15) is 9.90 Å². The van der Waals surface area contributed by atoms with Gasteiger partial charge in [0.2, 0.25) is 0 Å². The van der Waals surface area contributed by atoms with Gasteiger partial charge in [-0.15, -0.1) is 0 Å². The highest BCUT2D eigenvalue weighted by atomic mass is 17.1. The third-order valence-corrected chi connectivity index (χ3v) is 1.77. The number of hydrogen-bond acceptors (Lipinski definition) is 5. The molecule has 5 heteroatoms. The molecule has 1 saturated heterocycles. The molecule has 0 aromatic rings. The smallest absolute Gasteiger partial charge is 0.361 e. The summed E-state index contributed by atoms with van der Waals surface area (Å²) in [5.74, 6) is -0.822. The SMILES string of the molecule is O=C(OO)C1NCCCC1O. The Morgan fingerprint density at radius 2 is 2.36 bits per heavy atom. The number of carbonyl (C=O) groups excluding carboxylic acids is 1. The third-order valence-electron chi connectivity index (χ3n) is 1.77. The number of aliphatic hydroxyl groups excluding tert-OH is 1. The van der Waals surface area contributed by atoms with Gasteiger partial charge in [-0.1, -0.05) is 0 Å². The van der Waals surface area contributed by atoms with Gasteiger partial charge in [0.15, 0.2) is 0 Å². The van der Waals surface area contributed by atoms with Crippen LogP contribution in [-0.4, -0.2) is 35.0 Å². The average Bonchev–Trinajstić information content (AvgIpc) is 2.04. The lowest BCUT2D eigenvalue weighted by molar-refractivity contribution is -0.239. The molecule has 5 nitrogen and oxygen atoms in total. The van der Waals surface area contributed by atoms with Crippen LogP contribution in [0.5, 0.6) is 0 Å².